The van der Waals surface area contributed by atoms with Gasteiger partial charge in [-0.15, -0.1) is 0 Å². The van der Waals surface area contributed by atoms with Crippen LogP contribution in [-0.2, 0) is 15.7 Å². The molecule has 0 spiro atoms. The summed E-state index contributed by atoms with van der Waals surface area (Å²) in [4.78, 5) is 11.2. The molecule has 12 nitrogen and oxygen atoms in total. The molecule has 2 saturated carbocycles. The molecule has 44 heavy (non-hydrogen) atoms. The van der Waals surface area contributed by atoms with Gasteiger partial charge in [0, 0.05) is 42.5 Å². The minimum absolute atomic E-state index is 0.152. The van der Waals surface area contributed by atoms with Crippen molar-refractivity contribution in [3.8, 4) is 11.4 Å². The van der Waals surface area contributed by atoms with E-state index < -0.39 is 27.5 Å². The Bertz CT molecular complexity index is 1690. The van der Waals surface area contributed by atoms with Crippen LogP contribution in [0.15, 0.2) is 54.9 Å². The lowest BCUT2D eigenvalue weighted by molar-refractivity contribution is 0.0565. The molecule has 236 valence electrons. The van der Waals surface area contributed by atoms with Crippen LogP contribution < -0.4 is 16.4 Å². The molecule has 0 saturated heterocycles. The van der Waals surface area contributed by atoms with Gasteiger partial charge in [0.05, 0.1) is 34.6 Å². The maximum absolute atomic E-state index is 13.4. The van der Waals surface area contributed by atoms with Gasteiger partial charge in [0.1, 0.15) is 0 Å². The van der Waals surface area contributed by atoms with E-state index in [4.69, 9.17) is 5.73 Å². The predicted molar refractivity (Wildman–Crippen MR) is 161 cm³/mol. The Kier molecular flexibility index (Phi) is 7.82. The van der Waals surface area contributed by atoms with Crippen LogP contribution >= 0.6 is 0 Å². The third-order valence-electron chi connectivity index (χ3n) is 8.56. The predicted octanol–water partition coefficient (Wildman–Crippen LogP) is 3.01. The fourth-order valence-electron chi connectivity index (χ4n) is 6.09. The van der Waals surface area contributed by atoms with Crippen molar-refractivity contribution in [1.82, 2.24) is 44.5 Å². The lowest BCUT2D eigenvalue weighted by atomic mass is 9.73. The lowest BCUT2D eigenvalue weighted by Crippen LogP contribution is -2.50. The molecular formula is C29H38F2N10O2S. The molecule has 6 rings (SSSR count). The molecular weight excluding hydrogens is 590 g/mol. The molecule has 3 aliphatic rings. The van der Waals surface area contributed by atoms with Crippen molar-refractivity contribution in [3.05, 3.63) is 66.3 Å². The minimum Gasteiger partial charge on any atom is -0.382 e. The van der Waals surface area contributed by atoms with E-state index in [-0.39, 0.29) is 17.3 Å². The number of nitrogens with one attached hydrogen (secondary N) is 2. The summed E-state index contributed by atoms with van der Waals surface area (Å²) in [5, 5.41) is 14.6. The Balaban J connectivity index is 1.29. The van der Waals surface area contributed by atoms with E-state index in [9.17, 15) is 17.2 Å². The molecule has 0 radical (unpaired) electrons. The standard InChI is InChI=1S/C29H38F2N10O2S/c1-28(18-39(2)3)10-6-20(7-11-28)36-24-14-29(32,34-16-22(24)23-9-13-40(38-23)27(30)31)25-8-12-33-26(37-25)19-15-35-41(17-19)44(42,43)21-4-5-21/h8-9,12-17,20-21,27,34,36H,4-7,10-11,18,32H2,1-3H3. The molecule has 1 atom stereocenters. The van der Waals surface area contributed by atoms with Crippen molar-refractivity contribution < 1.29 is 17.2 Å². The zero-order valence-electron chi connectivity index (χ0n) is 25.0. The third-order valence-corrected chi connectivity index (χ3v) is 10.6. The van der Waals surface area contributed by atoms with Crippen LogP contribution in [0.1, 0.15) is 63.4 Å². The molecule has 2 fully saturated rings. The van der Waals surface area contributed by atoms with Gasteiger partial charge < -0.3 is 21.3 Å². The zero-order valence-corrected chi connectivity index (χ0v) is 25.8. The second kappa shape index (κ2) is 11.3. The molecule has 4 heterocycles. The van der Waals surface area contributed by atoms with E-state index in [1.165, 1.54) is 18.6 Å². The highest BCUT2D eigenvalue weighted by Gasteiger charge is 2.38. The Hall–Kier alpha value is -3.69. The van der Waals surface area contributed by atoms with Gasteiger partial charge >= 0.3 is 6.55 Å². The number of halogens is 2. The molecule has 3 aromatic rings. The monoisotopic (exact) mass is 628 g/mol. The van der Waals surface area contributed by atoms with Gasteiger partial charge in [-0.25, -0.2) is 23.1 Å². The highest BCUT2D eigenvalue weighted by Crippen LogP contribution is 2.38. The highest BCUT2D eigenvalue weighted by molar-refractivity contribution is 7.90. The van der Waals surface area contributed by atoms with Crippen molar-refractivity contribution in [3.63, 3.8) is 0 Å². The van der Waals surface area contributed by atoms with Crippen molar-refractivity contribution in [2.24, 2.45) is 11.1 Å². The first-order chi connectivity index (χ1) is 20.8. The molecule has 0 bridgehead atoms. The van der Waals surface area contributed by atoms with Gasteiger partial charge in [-0.1, -0.05) is 6.92 Å². The van der Waals surface area contributed by atoms with Gasteiger partial charge in [0.25, 0.3) is 10.0 Å². The molecule has 3 aromatic heterocycles. The smallest absolute Gasteiger partial charge is 0.333 e. The average Bonchev–Trinajstić information content (AvgIpc) is 3.51. The molecule has 1 unspecified atom stereocenters. The number of nitrogens with two attached hydrogens (primary N) is 1. The number of alkyl halides is 2. The summed E-state index contributed by atoms with van der Waals surface area (Å²) in [6.07, 6.45) is 14.3. The van der Waals surface area contributed by atoms with Crippen LogP contribution in [0.4, 0.5) is 8.78 Å². The molecule has 1 aliphatic heterocycles. The van der Waals surface area contributed by atoms with Gasteiger partial charge in [0.15, 0.2) is 11.5 Å². The van der Waals surface area contributed by atoms with Crippen molar-refractivity contribution in [2.75, 3.05) is 20.6 Å². The van der Waals surface area contributed by atoms with Crippen LogP contribution in [-0.4, -0.2) is 74.2 Å². The normalized spacial score (nSPS) is 26.0. The summed E-state index contributed by atoms with van der Waals surface area (Å²) in [7, 11) is 0.643. The largest absolute Gasteiger partial charge is 0.382 e. The van der Waals surface area contributed by atoms with Crippen LogP contribution in [0.25, 0.3) is 17.0 Å². The number of hydrogen-bond acceptors (Lipinski definition) is 10. The Morgan fingerprint density at radius 1 is 1.20 bits per heavy atom. The quantitative estimate of drug-likeness (QED) is 0.306. The number of hydrogen-bond donors (Lipinski definition) is 3. The van der Waals surface area contributed by atoms with Crippen LogP contribution in [0.3, 0.4) is 0 Å². The Morgan fingerprint density at radius 3 is 2.61 bits per heavy atom. The summed E-state index contributed by atoms with van der Waals surface area (Å²) in [6, 6.07) is 3.37. The second-order valence-electron chi connectivity index (χ2n) is 12.7. The van der Waals surface area contributed by atoms with Gasteiger partial charge in [-0.3, -0.25) is 0 Å². The van der Waals surface area contributed by atoms with Gasteiger partial charge in [-0.05, 0) is 76.2 Å². The number of allylic oxidation sites excluding steroid dienone is 1. The van der Waals surface area contributed by atoms with Gasteiger partial charge in [-0.2, -0.15) is 23.1 Å². The van der Waals surface area contributed by atoms with Crippen LogP contribution in [0.2, 0.25) is 0 Å². The highest BCUT2D eigenvalue weighted by atomic mass is 32.2. The number of dihydropyridines is 1. The number of rotatable bonds is 10. The van der Waals surface area contributed by atoms with Gasteiger partial charge in [0.2, 0.25) is 0 Å². The van der Waals surface area contributed by atoms with Crippen LogP contribution in [0, 0.1) is 5.41 Å². The van der Waals surface area contributed by atoms with E-state index in [1.54, 1.807) is 30.6 Å². The summed E-state index contributed by atoms with van der Waals surface area (Å²) in [6.45, 7) is 0.569. The summed E-state index contributed by atoms with van der Waals surface area (Å²) >= 11 is 0. The first-order valence-corrected chi connectivity index (χ1v) is 16.2. The topological polar surface area (TPSA) is 149 Å². The fraction of sp³-hybridized carbons (Fsp3) is 0.517. The maximum atomic E-state index is 13.4. The Labute approximate surface area is 255 Å². The van der Waals surface area contributed by atoms with Crippen molar-refractivity contribution >= 4 is 15.6 Å². The lowest BCUT2D eigenvalue weighted by Gasteiger charge is -2.40. The summed E-state index contributed by atoms with van der Waals surface area (Å²) in [5.41, 5.74) is 8.34. The molecule has 0 aromatic carbocycles. The fourth-order valence-corrected chi connectivity index (χ4v) is 7.57. The zero-order chi connectivity index (χ0) is 31.3. The first-order valence-electron chi connectivity index (χ1n) is 14.7. The number of aromatic nitrogens is 6. The average molecular weight is 629 g/mol. The van der Waals surface area contributed by atoms with E-state index in [0.717, 1.165) is 36.3 Å². The Morgan fingerprint density at radius 2 is 1.95 bits per heavy atom. The number of nitrogens with zero attached hydrogens (tertiary/aromatic N) is 7. The van der Waals surface area contributed by atoms with Crippen molar-refractivity contribution in [2.45, 2.75) is 69.0 Å². The first kappa shape index (κ1) is 30.3. The molecule has 2 aliphatic carbocycles. The molecule has 0 amide bonds. The summed E-state index contributed by atoms with van der Waals surface area (Å²) < 4.78 is 53.6. The van der Waals surface area contributed by atoms with Crippen molar-refractivity contribution in [1.29, 1.82) is 0 Å². The maximum Gasteiger partial charge on any atom is 0.333 e. The summed E-state index contributed by atoms with van der Waals surface area (Å²) in [5.74, 6) is 0.271. The minimum atomic E-state index is -3.54. The van der Waals surface area contributed by atoms with E-state index in [2.05, 4.69) is 56.7 Å². The third kappa shape index (κ3) is 6.13. The molecule has 4 N–H and O–H groups in total. The van der Waals surface area contributed by atoms with E-state index in [1.807, 2.05) is 0 Å². The SMILES string of the molecule is CN(C)CC1(C)CCC(NC2=CC(N)(c3ccnc(-c4cnn(S(=O)(=O)C5CC5)c4)n3)NC=C2c2ccn(C(F)F)n2)CC1. The van der Waals surface area contributed by atoms with E-state index >= 15 is 0 Å². The van der Waals surface area contributed by atoms with Crippen LogP contribution in [0.5, 0.6) is 0 Å². The molecule has 15 heteroatoms. The second-order valence-corrected chi connectivity index (χ2v) is 14.7. The van der Waals surface area contributed by atoms with E-state index in [0.29, 0.717) is 45.7 Å².